The monoisotopic (exact) mass is 363 g/mol. The molecule has 0 aromatic rings. The fraction of sp³-hybridized carbons (Fsp3) is 1.00. The van der Waals surface area contributed by atoms with Crippen LogP contribution in [0.1, 0.15) is 93.9 Å². The molecule has 1 heterocycles. The summed E-state index contributed by atoms with van der Waals surface area (Å²) in [5.41, 5.74) is 0.357. The van der Waals surface area contributed by atoms with Gasteiger partial charge in [-0.25, -0.2) is 12.7 Å². The summed E-state index contributed by atoms with van der Waals surface area (Å²) in [4.78, 5) is 0. The largest absolute Gasteiger partial charge is 0.213 e. The van der Waals surface area contributed by atoms with Crippen LogP contribution in [-0.4, -0.2) is 32.1 Å². The van der Waals surface area contributed by atoms with Gasteiger partial charge in [0, 0.05) is 13.1 Å². The molecule has 0 unspecified atom stereocenters. The van der Waals surface area contributed by atoms with E-state index in [2.05, 4.69) is 27.7 Å². The van der Waals surface area contributed by atoms with Crippen molar-refractivity contribution >= 4 is 10.0 Å². The summed E-state index contributed by atoms with van der Waals surface area (Å²) in [5.74, 6) is 1.78. The van der Waals surface area contributed by atoms with E-state index < -0.39 is 10.0 Å². The lowest BCUT2D eigenvalue weighted by Gasteiger charge is -2.52. The first kappa shape index (κ1) is 26.1. The Balaban J connectivity index is 0. The third-order valence-corrected chi connectivity index (χ3v) is 6.42. The van der Waals surface area contributed by atoms with E-state index in [0.29, 0.717) is 5.41 Å². The Kier molecular flexibility index (Phi) is 14.3. The van der Waals surface area contributed by atoms with Crippen LogP contribution in [0.2, 0.25) is 0 Å². The van der Waals surface area contributed by atoms with Crippen LogP contribution in [0.5, 0.6) is 0 Å². The SMILES string of the molecule is CC.CC.CC1CCC2(CC1)CN(S(C)(=O)=O)C2.CCC(C)CC. The van der Waals surface area contributed by atoms with Gasteiger partial charge >= 0.3 is 0 Å². The van der Waals surface area contributed by atoms with Crippen molar-refractivity contribution < 1.29 is 8.42 Å². The van der Waals surface area contributed by atoms with E-state index in [1.54, 1.807) is 4.31 Å². The maximum Gasteiger partial charge on any atom is 0.211 e. The highest BCUT2D eigenvalue weighted by Crippen LogP contribution is 2.46. The summed E-state index contributed by atoms with van der Waals surface area (Å²) < 4.78 is 24.1. The number of hydrogen-bond donors (Lipinski definition) is 0. The Morgan fingerprint density at radius 1 is 1.00 bits per heavy atom. The second kappa shape index (κ2) is 13.2. The average Bonchev–Trinajstić information content (AvgIpc) is 2.56. The predicted octanol–water partition coefficient (Wildman–Crippen LogP) is 5.95. The van der Waals surface area contributed by atoms with Crippen molar-refractivity contribution in [2.45, 2.75) is 93.9 Å². The van der Waals surface area contributed by atoms with E-state index >= 15 is 0 Å². The maximum atomic E-state index is 11.2. The molecule has 2 rings (SSSR count). The van der Waals surface area contributed by atoms with Crippen LogP contribution < -0.4 is 0 Å². The molecule has 1 aliphatic carbocycles. The molecule has 0 aromatic heterocycles. The molecule has 2 aliphatic rings. The third-order valence-electron chi connectivity index (χ3n) is 5.22. The van der Waals surface area contributed by atoms with Crippen molar-refractivity contribution in [3.8, 4) is 0 Å². The number of rotatable bonds is 3. The van der Waals surface area contributed by atoms with Crippen LogP contribution in [0.4, 0.5) is 0 Å². The molecule has 4 heteroatoms. The van der Waals surface area contributed by atoms with Crippen molar-refractivity contribution in [3.63, 3.8) is 0 Å². The van der Waals surface area contributed by atoms with Crippen LogP contribution in [0.15, 0.2) is 0 Å². The second-order valence-electron chi connectivity index (χ2n) is 7.14. The highest BCUT2D eigenvalue weighted by Gasteiger charge is 2.47. The Morgan fingerprint density at radius 3 is 1.62 bits per heavy atom. The molecule has 1 saturated heterocycles. The first-order valence-electron chi connectivity index (χ1n) is 10.2. The van der Waals surface area contributed by atoms with Gasteiger partial charge in [0.15, 0.2) is 0 Å². The van der Waals surface area contributed by atoms with Gasteiger partial charge < -0.3 is 0 Å². The van der Waals surface area contributed by atoms with Gasteiger partial charge in [-0.2, -0.15) is 0 Å². The average molecular weight is 364 g/mol. The molecule has 0 bridgehead atoms. The third kappa shape index (κ3) is 9.41. The van der Waals surface area contributed by atoms with Crippen molar-refractivity contribution in [1.29, 1.82) is 0 Å². The first-order chi connectivity index (χ1) is 11.2. The lowest BCUT2D eigenvalue weighted by atomic mass is 9.67. The maximum absolute atomic E-state index is 11.2. The summed E-state index contributed by atoms with van der Waals surface area (Å²) >= 11 is 0. The molecular formula is C20H45NO2S. The van der Waals surface area contributed by atoms with Crippen LogP contribution in [0.25, 0.3) is 0 Å². The van der Waals surface area contributed by atoms with Crippen molar-refractivity contribution in [1.82, 2.24) is 4.31 Å². The van der Waals surface area contributed by atoms with Crippen LogP contribution >= 0.6 is 0 Å². The summed E-state index contributed by atoms with van der Waals surface area (Å²) in [6.07, 6.45) is 8.97. The van der Waals surface area contributed by atoms with Gasteiger partial charge in [0.2, 0.25) is 10.0 Å². The normalized spacial score (nSPS) is 19.9. The zero-order valence-corrected chi connectivity index (χ0v) is 18.8. The Bertz CT molecular complexity index is 372. The van der Waals surface area contributed by atoms with Gasteiger partial charge in [-0.05, 0) is 30.1 Å². The molecule has 1 aliphatic heterocycles. The Labute approximate surface area is 153 Å². The Morgan fingerprint density at radius 2 is 1.38 bits per heavy atom. The van der Waals surface area contributed by atoms with E-state index in [0.717, 1.165) is 24.9 Å². The number of sulfonamides is 1. The molecule has 0 radical (unpaired) electrons. The zero-order chi connectivity index (χ0) is 19.4. The van der Waals surface area contributed by atoms with Gasteiger partial charge in [0.1, 0.15) is 0 Å². The van der Waals surface area contributed by atoms with E-state index in [-0.39, 0.29) is 0 Å². The number of nitrogens with zero attached hydrogens (tertiary/aromatic N) is 1. The van der Waals surface area contributed by atoms with Gasteiger partial charge in [0.25, 0.3) is 0 Å². The van der Waals surface area contributed by atoms with E-state index in [4.69, 9.17) is 0 Å². The fourth-order valence-corrected chi connectivity index (χ4v) is 3.93. The van der Waals surface area contributed by atoms with E-state index in [1.807, 2.05) is 27.7 Å². The van der Waals surface area contributed by atoms with E-state index in [9.17, 15) is 8.42 Å². The van der Waals surface area contributed by atoms with Crippen molar-refractivity contribution in [3.05, 3.63) is 0 Å². The standard InChI is InChI=1S/C10H19NO2S.C6H14.2C2H6/c1-9-3-5-10(6-4-9)7-11(8-10)14(2,12)13;1-4-6(3)5-2;2*1-2/h9H,3-8H2,1-2H3;6H,4-5H2,1-3H3;2*1-2H3. The molecule has 0 atom stereocenters. The summed E-state index contributed by atoms with van der Waals surface area (Å²) in [6.45, 7) is 18.6. The lowest BCUT2D eigenvalue weighted by Crippen LogP contribution is -2.58. The quantitative estimate of drug-likeness (QED) is 0.621. The minimum absolute atomic E-state index is 0.357. The number of hydrogen-bond acceptors (Lipinski definition) is 2. The highest BCUT2D eigenvalue weighted by molar-refractivity contribution is 7.88. The first-order valence-corrected chi connectivity index (χ1v) is 12.0. The molecule has 24 heavy (non-hydrogen) atoms. The Hall–Kier alpha value is -0.0900. The molecule has 1 spiro atoms. The summed E-state index contributed by atoms with van der Waals surface area (Å²) in [5, 5.41) is 0. The summed E-state index contributed by atoms with van der Waals surface area (Å²) in [6, 6.07) is 0. The molecule has 0 amide bonds. The predicted molar refractivity (Wildman–Crippen MR) is 109 cm³/mol. The minimum atomic E-state index is -2.92. The van der Waals surface area contributed by atoms with Gasteiger partial charge in [-0.15, -0.1) is 0 Å². The van der Waals surface area contributed by atoms with Crippen LogP contribution in [0, 0.1) is 17.3 Å². The molecule has 148 valence electrons. The second-order valence-corrected chi connectivity index (χ2v) is 9.12. The minimum Gasteiger partial charge on any atom is -0.213 e. The van der Waals surface area contributed by atoms with Gasteiger partial charge in [0.05, 0.1) is 6.26 Å². The van der Waals surface area contributed by atoms with Crippen LogP contribution in [-0.2, 0) is 10.0 Å². The van der Waals surface area contributed by atoms with E-state index in [1.165, 1.54) is 44.8 Å². The molecule has 2 fully saturated rings. The molecule has 0 N–H and O–H groups in total. The van der Waals surface area contributed by atoms with Crippen molar-refractivity contribution in [2.75, 3.05) is 19.3 Å². The summed E-state index contributed by atoms with van der Waals surface area (Å²) in [7, 11) is -2.92. The molecule has 0 aromatic carbocycles. The van der Waals surface area contributed by atoms with Crippen LogP contribution in [0.3, 0.4) is 0 Å². The topological polar surface area (TPSA) is 37.4 Å². The molecular weight excluding hydrogens is 318 g/mol. The van der Waals surface area contributed by atoms with Gasteiger partial charge in [-0.1, -0.05) is 81.1 Å². The zero-order valence-electron chi connectivity index (χ0n) is 18.0. The highest BCUT2D eigenvalue weighted by atomic mass is 32.2. The molecule has 3 nitrogen and oxygen atoms in total. The van der Waals surface area contributed by atoms with Gasteiger partial charge in [-0.3, -0.25) is 0 Å². The molecule has 1 saturated carbocycles. The fourth-order valence-electron chi connectivity index (χ4n) is 2.92. The lowest BCUT2D eigenvalue weighted by molar-refractivity contribution is 0.0183. The van der Waals surface area contributed by atoms with Crippen molar-refractivity contribution in [2.24, 2.45) is 17.3 Å². The smallest absolute Gasteiger partial charge is 0.211 e.